The van der Waals surface area contributed by atoms with E-state index in [4.69, 9.17) is 4.98 Å². The second kappa shape index (κ2) is 6.54. The Bertz CT molecular complexity index is 843. The minimum atomic E-state index is -0.140. The largest absolute Gasteiger partial charge is 0.342 e. The van der Waals surface area contributed by atoms with Crippen LogP contribution in [0, 0.1) is 0 Å². The van der Waals surface area contributed by atoms with Gasteiger partial charge in [-0.2, -0.15) is 16.4 Å². The van der Waals surface area contributed by atoms with Crippen LogP contribution >= 0.6 is 11.3 Å². The first-order valence-electron chi connectivity index (χ1n) is 7.90. The number of hydrogen-bond donors (Lipinski definition) is 1. The quantitative estimate of drug-likeness (QED) is 0.754. The van der Waals surface area contributed by atoms with Gasteiger partial charge in [-0.3, -0.25) is 14.5 Å². The van der Waals surface area contributed by atoms with Crippen LogP contribution in [0.25, 0.3) is 22.3 Å². The third kappa shape index (κ3) is 2.88. The first kappa shape index (κ1) is 15.7. The molecule has 3 aromatic heterocycles. The van der Waals surface area contributed by atoms with Crippen molar-refractivity contribution in [3.63, 3.8) is 0 Å². The zero-order chi connectivity index (χ0) is 16.4. The second-order valence-electron chi connectivity index (χ2n) is 5.56. The molecule has 23 heavy (non-hydrogen) atoms. The van der Waals surface area contributed by atoms with Gasteiger partial charge in [-0.05, 0) is 24.3 Å². The lowest BCUT2D eigenvalue weighted by atomic mass is 10.2. The van der Waals surface area contributed by atoms with E-state index in [0.29, 0.717) is 17.0 Å². The SMILES string of the molecule is CCCN(CCC)c1nc2c(-c3ccsc3)nn(C)c2c(=O)[nH]1. The van der Waals surface area contributed by atoms with Crippen LogP contribution in [-0.2, 0) is 7.05 Å². The average Bonchev–Trinajstić information content (AvgIpc) is 3.15. The van der Waals surface area contributed by atoms with Gasteiger partial charge in [0.1, 0.15) is 11.2 Å². The predicted molar refractivity (Wildman–Crippen MR) is 95.2 cm³/mol. The molecular weight excluding hydrogens is 310 g/mol. The highest BCUT2D eigenvalue weighted by molar-refractivity contribution is 7.08. The van der Waals surface area contributed by atoms with Crippen molar-refractivity contribution in [1.29, 1.82) is 0 Å². The highest BCUT2D eigenvalue weighted by Gasteiger charge is 2.18. The summed E-state index contributed by atoms with van der Waals surface area (Å²) in [6.45, 7) is 5.99. The van der Waals surface area contributed by atoms with E-state index < -0.39 is 0 Å². The standard InChI is InChI=1S/C16H21N5OS/c1-4-7-21(8-5-2)16-17-13-12(11-6-9-23-10-11)19-20(3)14(13)15(22)18-16/h6,9-10H,4-5,7-8H2,1-3H3,(H,17,18,22). The molecule has 0 atom stereocenters. The van der Waals surface area contributed by atoms with Gasteiger partial charge in [0.15, 0.2) is 5.52 Å². The Morgan fingerprint density at radius 3 is 2.65 bits per heavy atom. The summed E-state index contributed by atoms with van der Waals surface area (Å²) in [5.41, 5.74) is 2.81. The molecule has 0 saturated heterocycles. The number of aromatic nitrogens is 4. The first-order chi connectivity index (χ1) is 11.2. The lowest BCUT2D eigenvalue weighted by Gasteiger charge is -2.21. The highest BCUT2D eigenvalue weighted by atomic mass is 32.1. The number of rotatable bonds is 6. The Hall–Kier alpha value is -2.15. The summed E-state index contributed by atoms with van der Waals surface area (Å²) < 4.78 is 1.61. The zero-order valence-corrected chi connectivity index (χ0v) is 14.5. The molecule has 3 rings (SSSR count). The lowest BCUT2D eigenvalue weighted by Crippen LogP contribution is -2.29. The van der Waals surface area contributed by atoms with Gasteiger partial charge in [0.25, 0.3) is 5.56 Å². The van der Waals surface area contributed by atoms with Crippen LogP contribution in [0.2, 0.25) is 0 Å². The molecule has 3 heterocycles. The fourth-order valence-corrected chi connectivity index (χ4v) is 3.42. The number of fused-ring (bicyclic) bond motifs is 1. The van der Waals surface area contributed by atoms with E-state index in [1.54, 1.807) is 23.1 Å². The van der Waals surface area contributed by atoms with Crippen molar-refractivity contribution in [1.82, 2.24) is 19.7 Å². The third-order valence-electron chi connectivity index (χ3n) is 3.76. The molecule has 0 fully saturated rings. The van der Waals surface area contributed by atoms with Crippen LogP contribution in [0.15, 0.2) is 21.6 Å². The van der Waals surface area contributed by atoms with Gasteiger partial charge >= 0.3 is 0 Å². The Labute approximate surface area is 138 Å². The van der Waals surface area contributed by atoms with Crippen molar-refractivity contribution in [3.8, 4) is 11.3 Å². The molecule has 0 amide bonds. The van der Waals surface area contributed by atoms with Gasteiger partial charge in [-0.25, -0.2) is 4.98 Å². The molecule has 0 unspecified atom stereocenters. The van der Waals surface area contributed by atoms with Crippen molar-refractivity contribution in [2.24, 2.45) is 7.05 Å². The molecule has 0 aromatic carbocycles. The Morgan fingerprint density at radius 1 is 1.30 bits per heavy atom. The molecule has 0 bridgehead atoms. The van der Waals surface area contributed by atoms with Gasteiger partial charge in [0, 0.05) is 31.1 Å². The summed E-state index contributed by atoms with van der Waals surface area (Å²) in [6, 6.07) is 2.00. The number of hydrogen-bond acceptors (Lipinski definition) is 5. The van der Waals surface area contributed by atoms with Crippen molar-refractivity contribution >= 4 is 28.3 Å². The monoisotopic (exact) mass is 331 g/mol. The van der Waals surface area contributed by atoms with Crippen LogP contribution in [0.5, 0.6) is 0 Å². The van der Waals surface area contributed by atoms with Crippen molar-refractivity contribution in [2.45, 2.75) is 26.7 Å². The number of anilines is 1. The Kier molecular flexibility index (Phi) is 4.47. The van der Waals surface area contributed by atoms with Crippen LogP contribution in [0.1, 0.15) is 26.7 Å². The molecule has 0 aliphatic heterocycles. The van der Waals surface area contributed by atoms with E-state index in [1.807, 2.05) is 16.8 Å². The van der Waals surface area contributed by atoms with Crippen molar-refractivity contribution in [3.05, 3.63) is 27.2 Å². The normalized spacial score (nSPS) is 11.3. The highest BCUT2D eigenvalue weighted by Crippen LogP contribution is 2.27. The van der Waals surface area contributed by atoms with E-state index in [1.165, 1.54) is 0 Å². The third-order valence-corrected chi connectivity index (χ3v) is 4.44. The van der Waals surface area contributed by atoms with Gasteiger partial charge in [-0.1, -0.05) is 13.8 Å². The lowest BCUT2D eigenvalue weighted by molar-refractivity contribution is 0.721. The molecule has 1 N–H and O–H groups in total. The second-order valence-corrected chi connectivity index (χ2v) is 6.34. The summed E-state index contributed by atoms with van der Waals surface area (Å²) in [7, 11) is 1.78. The van der Waals surface area contributed by atoms with Gasteiger partial charge in [0.2, 0.25) is 5.95 Å². The Morgan fingerprint density at radius 2 is 2.04 bits per heavy atom. The fraction of sp³-hybridized carbons (Fsp3) is 0.438. The number of aryl methyl sites for hydroxylation is 1. The molecule has 6 nitrogen and oxygen atoms in total. The van der Waals surface area contributed by atoms with Crippen molar-refractivity contribution in [2.75, 3.05) is 18.0 Å². The molecule has 122 valence electrons. The minimum Gasteiger partial charge on any atom is -0.342 e. The van der Waals surface area contributed by atoms with E-state index in [0.717, 1.165) is 37.2 Å². The van der Waals surface area contributed by atoms with E-state index in [9.17, 15) is 4.79 Å². The van der Waals surface area contributed by atoms with Crippen molar-refractivity contribution < 1.29 is 0 Å². The fourth-order valence-electron chi connectivity index (χ4n) is 2.77. The summed E-state index contributed by atoms with van der Waals surface area (Å²) in [4.78, 5) is 22.3. The summed E-state index contributed by atoms with van der Waals surface area (Å²) in [5, 5.41) is 8.54. The summed E-state index contributed by atoms with van der Waals surface area (Å²) >= 11 is 1.61. The topological polar surface area (TPSA) is 66.8 Å². The molecule has 7 heteroatoms. The van der Waals surface area contributed by atoms with Crippen LogP contribution in [0.4, 0.5) is 5.95 Å². The number of nitrogens with zero attached hydrogens (tertiary/aromatic N) is 4. The van der Waals surface area contributed by atoms with Gasteiger partial charge < -0.3 is 4.90 Å². The number of H-pyrrole nitrogens is 1. The molecule has 0 spiro atoms. The van der Waals surface area contributed by atoms with E-state index in [2.05, 4.69) is 28.8 Å². The number of thiophene rings is 1. The molecule has 0 aliphatic rings. The molecular formula is C16H21N5OS. The maximum Gasteiger partial charge on any atom is 0.278 e. The average molecular weight is 331 g/mol. The van der Waals surface area contributed by atoms with Crippen LogP contribution in [-0.4, -0.2) is 32.8 Å². The molecule has 3 aromatic rings. The predicted octanol–water partition coefficient (Wildman–Crippen LogP) is 3.01. The summed E-state index contributed by atoms with van der Waals surface area (Å²) in [5.74, 6) is 0.635. The summed E-state index contributed by atoms with van der Waals surface area (Å²) in [6.07, 6.45) is 2.01. The zero-order valence-electron chi connectivity index (χ0n) is 13.7. The van der Waals surface area contributed by atoms with Crippen LogP contribution in [0.3, 0.4) is 0 Å². The van der Waals surface area contributed by atoms with E-state index in [-0.39, 0.29) is 5.56 Å². The Balaban J connectivity index is 2.19. The number of aromatic amines is 1. The maximum absolute atomic E-state index is 12.5. The maximum atomic E-state index is 12.5. The number of nitrogens with one attached hydrogen (secondary N) is 1. The van der Waals surface area contributed by atoms with Gasteiger partial charge in [0.05, 0.1) is 0 Å². The smallest absolute Gasteiger partial charge is 0.278 e. The van der Waals surface area contributed by atoms with Gasteiger partial charge in [-0.15, -0.1) is 0 Å². The molecule has 0 saturated carbocycles. The minimum absolute atomic E-state index is 0.140. The first-order valence-corrected chi connectivity index (χ1v) is 8.84. The van der Waals surface area contributed by atoms with E-state index >= 15 is 0 Å². The molecule has 0 aliphatic carbocycles. The van der Waals surface area contributed by atoms with Crippen LogP contribution < -0.4 is 10.5 Å². The molecule has 0 radical (unpaired) electrons.